The number of hydrogen-bond acceptors (Lipinski definition) is 5. The molecule has 0 spiro atoms. The quantitative estimate of drug-likeness (QED) is 0.605. The lowest BCUT2D eigenvalue weighted by Gasteiger charge is -2.28. The van der Waals surface area contributed by atoms with Gasteiger partial charge in [0.2, 0.25) is 0 Å². The fourth-order valence-electron chi connectivity index (χ4n) is 4.78. The van der Waals surface area contributed by atoms with Crippen LogP contribution in [0.25, 0.3) is 10.2 Å². The number of hydrogen-bond donors (Lipinski definition) is 1. The minimum absolute atomic E-state index is 0.394. The summed E-state index contributed by atoms with van der Waals surface area (Å²) in [6, 6.07) is 11.3. The Labute approximate surface area is 171 Å². The van der Waals surface area contributed by atoms with Crippen LogP contribution in [0.3, 0.4) is 0 Å². The smallest absolute Gasteiger partial charge is 0.138 e. The van der Waals surface area contributed by atoms with E-state index in [1.165, 1.54) is 79.4 Å². The number of rotatable bonds is 5. The Bertz CT molecular complexity index is 930. The van der Waals surface area contributed by atoms with Gasteiger partial charge in [-0.15, -0.1) is 11.3 Å². The van der Waals surface area contributed by atoms with E-state index in [2.05, 4.69) is 50.5 Å². The summed E-state index contributed by atoms with van der Waals surface area (Å²) in [6.45, 7) is 3.27. The Kier molecular flexibility index (Phi) is 5.28. The van der Waals surface area contributed by atoms with E-state index >= 15 is 0 Å². The summed E-state index contributed by atoms with van der Waals surface area (Å²) < 4.78 is 0. The van der Waals surface area contributed by atoms with Crippen LogP contribution in [-0.4, -0.2) is 34.5 Å². The molecule has 0 saturated carbocycles. The number of benzene rings is 1. The molecule has 2 aliphatic rings. The molecule has 146 valence electrons. The monoisotopic (exact) mass is 392 g/mol. The first-order valence-corrected chi connectivity index (χ1v) is 11.5. The second kappa shape index (κ2) is 8.18. The molecule has 0 bridgehead atoms. The summed E-state index contributed by atoms with van der Waals surface area (Å²) in [4.78, 5) is 14.6. The van der Waals surface area contributed by atoms with Crippen molar-refractivity contribution < 1.29 is 0 Å². The van der Waals surface area contributed by atoms with E-state index in [9.17, 15) is 0 Å². The molecule has 2 aromatic heterocycles. The molecular formula is C23H28N4S. The topological polar surface area (TPSA) is 41.1 Å². The van der Waals surface area contributed by atoms with E-state index in [4.69, 9.17) is 0 Å². The van der Waals surface area contributed by atoms with Crippen molar-refractivity contribution in [1.82, 2.24) is 14.9 Å². The van der Waals surface area contributed by atoms with E-state index in [1.807, 2.05) is 11.3 Å². The molecule has 0 radical (unpaired) electrons. The Hall–Kier alpha value is -1.98. The molecule has 1 aliphatic carbocycles. The Balaban J connectivity index is 1.45. The molecular weight excluding hydrogens is 364 g/mol. The normalized spacial score (nSPS) is 18.7. The highest BCUT2D eigenvalue weighted by Crippen LogP contribution is 2.38. The van der Waals surface area contributed by atoms with Crippen molar-refractivity contribution >= 4 is 27.4 Å². The number of fused-ring (bicyclic) bond motifs is 3. The second-order valence-electron chi connectivity index (χ2n) is 8.02. The third kappa shape index (κ3) is 3.53. The highest BCUT2D eigenvalue weighted by atomic mass is 32.1. The number of thiophene rings is 1. The fraction of sp³-hybridized carbons (Fsp3) is 0.478. The molecule has 1 N–H and O–H groups in total. The summed E-state index contributed by atoms with van der Waals surface area (Å²) in [7, 11) is 0. The van der Waals surface area contributed by atoms with E-state index in [1.54, 1.807) is 6.33 Å². The molecule has 28 heavy (non-hydrogen) atoms. The van der Waals surface area contributed by atoms with Crippen LogP contribution in [0.2, 0.25) is 0 Å². The van der Waals surface area contributed by atoms with Crippen molar-refractivity contribution in [3.8, 4) is 0 Å². The molecule has 5 heteroatoms. The van der Waals surface area contributed by atoms with Gasteiger partial charge in [0.15, 0.2) is 0 Å². The third-order valence-electron chi connectivity index (χ3n) is 6.23. The van der Waals surface area contributed by atoms with Crippen molar-refractivity contribution in [3.05, 3.63) is 52.7 Å². The zero-order valence-electron chi connectivity index (χ0n) is 16.4. The zero-order valence-corrected chi connectivity index (χ0v) is 17.2. The first-order chi connectivity index (χ1) is 13.9. The van der Waals surface area contributed by atoms with Gasteiger partial charge in [-0.1, -0.05) is 36.8 Å². The minimum Gasteiger partial charge on any atom is -0.367 e. The Morgan fingerprint density at radius 3 is 2.64 bits per heavy atom. The number of nitrogens with zero attached hydrogens (tertiary/aromatic N) is 3. The number of aryl methyl sites for hydroxylation is 2. The number of aromatic nitrogens is 2. The highest BCUT2D eigenvalue weighted by molar-refractivity contribution is 7.18. The van der Waals surface area contributed by atoms with Crippen LogP contribution in [0.1, 0.15) is 54.1 Å². The second-order valence-corrected chi connectivity index (χ2v) is 9.10. The maximum absolute atomic E-state index is 4.68. The van der Waals surface area contributed by atoms with Crippen LogP contribution in [0.4, 0.5) is 5.82 Å². The molecule has 0 amide bonds. The van der Waals surface area contributed by atoms with Crippen LogP contribution in [0, 0.1) is 0 Å². The van der Waals surface area contributed by atoms with Gasteiger partial charge in [0, 0.05) is 11.4 Å². The lowest BCUT2D eigenvalue weighted by molar-refractivity contribution is 0.256. The Morgan fingerprint density at radius 1 is 0.964 bits per heavy atom. The lowest BCUT2D eigenvalue weighted by atomic mass is 10.0. The van der Waals surface area contributed by atoms with Crippen molar-refractivity contribution in [1.29, 1.82) is 0 Å². The van der Waals surface area contributed by atoms with Gasteiger partial charge in [-0.25, -0.2) is 9.97 Å². The van der Waals surface area contributed by atoms with Crippen molar-refractivity contribution in [2.45, 2.75) is 51.0 Å². The summed E-state index contributed by atoms with van der Waals surface area (Å²) in [5.74, 6) is 1.03. The standard InChI is InChI=1S/C23H28N4S/c1-3-9-17(10-4-1)19(27-13-7-8-14-27)15-24-22-21-18-11-5-2-6-12-20(18)28-23(21)26-16-25-22/h1,3-4,9-10,16,19H,2,5-8,11-15H2,(H,24,25,26). The SMILES string of the molecule is c1ccc(C(CNc2ncnc3sc4c(c23)CCCCC4)N2CCCC2)cc1. The van der Waals surface area contributed by atoms with Gasteiger partial charge in [-0.2, -0.15) is 0 Å². The average Bonchev–Trinajstić information content (AvgIpc) is 3.32. The van der Waals surface area contributed by atoms with E-state index in [0.29, 0.717) is 6.04 Å². The highest BCUT2D eigenvalue weighted by Gasteiger charge is 2.24. The molecule has 1 atom stereocenters. The van der Waals surface area contributed by atoms with Crippen LogP contribution >= 0.6 is 11.3 Å². The van der Waals surface area contributed by atoms with Crippen LogP contribution < -0.4 is 5.32 Å². The molecule has 4 nitrogen and oxygen atoms in total. The molecule has 3 heterocycles. The van der Waals surface area contributed by atoms with Gasteiger partial charge < -0.3 is 5.32 Å². The number of likely N-dealkylation sites (tertiary alicyclic amines) is 1. The predicted molar refractivity (Wildman–Crippen MR) is 117 cm³/mol. The van der Waals surface area contributed by atoms with Gasteiger partial charge in [-0.3, -0.25) is 4.90 Å². The number of anilines is 1. The van der Waals surface area contributed by atoms with Gasteiger partial charge >= 0.3 is 0 Å². The third-order valence-corrected chi connectivity index (χ3v) is 7.43. The molecule has 3 aromatic rings. The largest absolute Gasteiger partial charge is 0.367 e. The van der Waals surface area contributed by atoms with Crippen LogP contribution in [0.5, 0.6) is 0 Å². The van der Waals surface area contributed by atoms with E-state index in [0.717, 1.165) is 17.2 Å². The number of nitrogens with one attached hydrogen (secondary N) is 1. The molecule has 1 fully saturated rings. The van der Waals surface area contributed by atoms with E-state index in [-0.39, 0.29) is 0 Å². The van der Waals surface area contributed by atoms with Gasteiger partial charge in [0.05, 0.1) is 11.4 Å². The maximum atomic E-state index is 4.68. The first-order valence-electron chi connectivity index (χ1n) is 10.7. The molecule has 1 aliphatic heterocycles. The molecule has 1 saturated heterocycles. The summed E-state index contributed by atoms with van der Waals surface area (Å²) in [5, 5.41) is 5.02. The van der Waals surface area contributed by atoms with Gasteiger partial charge in [0.25, 0.3) is 0 Å². The van der Waals surface area contributed by atoms with E-state index < -0.39 is 0 Å². The van der Waals surface area contributed by atoms with Gasteiger partial charge in [0.1, 0.15) is 17.0 Å². The Morgan fingerprint density at radius 2 is 1.79 bits per heavy atom. The van der Waals surface area contributed by atoms with Crippen LogP contribution in [-0.2, 0) is 12.8 Å². The first kappa shape index (κ1) is 18.1. The summed E-state index contributed by atoms with van der Waals surface area (Å²) in [6.07, 6.45) is 10.6. The average molecular weight is 393 g/mol. The lowest BCUT2D eigenvalue weighted by Crippen LogP contribution is -2.31. The maximum Gasteiger partial charge on any atom is 0.138 e. The fourth-order valence-corrected chi connectivity index (χ4v) is 6.01. The van der Waals surface area contributed by atoms with Crippen LogP contribution in [0.15, 0.2) is 36.7 Å². The molecule has 1 unspecified atom stereocenters. The molecule has 5 rings (SSSR count). The zero-order chi connectivity index (χ0) is 18.8. The van der Waals surface area contributed by atoms with Crippen molar-refractivity contribution in [2.75, 3.05) is 25.0 Å². The van der Waals surface area contributed by atoms with Gasteiger partial charge in [-0.05, 0) is 62.7 Å². The van der Waals surface area contributed by atoms with Crippen molar-refractivity contribution in [2.24, 2.45) is 0 Å². The predicted octanol–water partition coefficient (Wildman–Crippen LogP) is 5.21. The summed E-state index contributed by atoms with van der Waals surface area (Å²) >= 11 is 1.88. The van der Waals surface area contributed by atoms with Crippen molar-refractivity contribution in [3.63, 3.8) is 0 Å². The summed E-state index contributed by atoms with van der Waals surface area (Å²) in [5.41, 5.74) is 2.91. The minimum atomic E-state index is 0.394. The molecule has 1 aromatic carbocycles.